The zero-order valence-corrected chi connectivity index (χ0v) is 32.3. The molecule has 0 bridgehead atoms. The van der Waals surface area contributed by atoms with E-state index in [1.54, 1.807) is 6.20 Å². The summed E-state index contributed by atoms with van der Waals surface area (Å²) in [6.07, 6.45) is 23.7. The van der Waals surface area contributed by atoms with Crippen molar-refractivity contribution in [3.8, 4) is 0 Å². The maximum atomic E-state index is 5.41. The Morgan fingerprint density at radius 3 is 1.24 bits per heavy atom. The van der Waals surface area contributed by atoms with Gasteiger partial charge in [-0.3, -0.25) is 0 Å². The molecule has 268 valence electrons. The van der Waals surface area contributed by atoms with E-state index in [9.17, 15) is 0 Å². The number of rotatable bonds is 19. The summed E-state index contributed by atoms with van der Waals surface area (Å²) in [5.74, 6) is 1.72. The molecule has 0 aliphatic rings. The van der Waals surface area contributed by atoms with Gasteiger partial charge in [0.05, 0.1) is 31.0 Å². The van der Waals surface area contributed by atoms with Gasteiger partial charge in [-0.15, -0.1) is 0 Å². The molecule has 0 amide bonds. The molecule has 0 N–H and O–H groups in total. The number of hydrogen-bond acceptors (Lipinski definition) is 5. The minimum atomic E-state index is 0.341. The molecule has 0 unspecified atom stereocenters. The zero-order valence-electron chi connectivity index (χ0n) is 32.3. The number of unbranched alkanes of at least 4 members (excludes halogenated alkanes) is 2. The average Bonchev–Trinajstić information content (AvgIpc) is 3.68. The van der Waals surface area contributed by atoms with Gasteiger partial charge in [-0.25, -0.2) is 9.97 Å². The van der Waals surface area contributed by atoms with Gasteiger partial charge in [-0.2, -0.15) is 0 Å². The van der Waals surface area contributed by atoms with Crippen LogP contribution in [0.15, 0.2) is 37.4 Å². The van der Waals surface area contributed by atoms with Crippen molar-refractivity contribution in [2.75, 3.05) is 19.8 Å². The van der Waals surface area contributed by atoms with Gasteiger partial charge in [0.15, 0.2) is 0 Å². The second-order valence-corrected chi connectivity index (χ2v) is 13.1. The van der Waals surface area contributed by atoms with E-state index >= 15 is 0 Å². The fraction of sp³-hybridized carbons (Fsp3) is 0.842. The molecule has 45 heavy (non-hydrogen) atoms. The van der Waals surface area contributed by atoms with Crippen LogP contribution < -0.4 is 0 Å². The SMILES string of the molecule is CC(C)CCCn1ccnc1.CC(C)OCCCn1ccnc1.CCCC(C)C.CCCCCOC(C)C.CCCOC(C)C. The van der Waals surface area contributed by atoms with Crippen molar-refractivity contribution < 1.29 is 14.2 Å². The van der Waals surface area contributed by atoms with Crippen molar-refractivity contribution in [3.05, 3.63) is 37.4 Å². The first-order valence-electron chi connectivity index (χ1n) is 18.1. The lowest BCUT2D eigenvalue weighted by Crippen LogP contribution is -2.06. The van der Waals surface area contributed by atoms with Crippen LogP contribution in [-0.4, -0.2) is 57.2 Å². The van der Waals surface area contributed by atoms with Crippen LogP contribution in [0.3, 0.4) is 0 Å². The molecule has 2 heterocycles. The zero-order chi connectivity index (χ0) is 34.7. The van der Waals surface area contributed by atoms with Crippen LogP contribution in [0, 0.1) is 11.8 Å². The van der Waals surface area contributed by atoms with Crippen molar-refractivity contribution in [3.63, 3.8) is 0 Å². The Morgan fingerprint density at radius 1 is 0.489 bits per heavy atom. The van der Waals surface area contributed by atoms with Gasteiger partial charge in [0.25, 0.3) is 0 Å². The van der Waals surface area contributed by atoms with Gasteiger partial charge in [0.2, 0.25) is 0 Å². The molecule has 2 aromatic heterocycles. The Balaban J connectivity index is -0.000000502. The predicted molar refractivity (Wildman–Crippen MR) is 196 cm³/mol. The molecule has 0 radical (unpaired) electrons. The van der Waals surface area contributed by atoms with E-state index in [1.165, 1.54) is 44.9 Å². The first-order valence-corrected chi connectivity index (χ1v) is 18.1. The van der Waals surface area contributed by atoms with Gasteiger partial charge < -0.3 is 23.3 Å². The third-order valence-corrected chi connectivity index (χ3v) is 6.05. The number of ether oxygens (including phenoxy) is 3. The van der Waals surface area contributed by atoms with Crippen LogP contribution in [0.2, 0.25) is 0 Å². The molecule has 0 aliphatic carbocycles. The van der Waals surface area contributed by atoms with Crippen LogP contribution in [0.5, 0.6) is 0 Å². The van der Waals surface area contributed by atoms with Gasteiger partial charge in [0, 0.05) is 57.7 Å². The van der Waals surface area contributed by atoms with E-state index in [0.29, 0.717) is 18.3 Å². The molecule has 7 nitrogen and oxygen atoms in total. The fourth-order valence-corrected chi connectivity index (χ4v) is 3.69. The summed E-state index contributed by atoms with van der Waals surface area (Å²) in [6.45, 7) is 32.7. The van der Waals surface area contributed by atoms with E-state index < -0.39 is 0 Å². The lowest BCUT2D eigenvalue weighted by Gasteiger charge is -2.06. The number of hydrogen-bond donors (Lipinski definition) is 0. The smallest absolute Gasteiger partial charge is 0.0945 e. The minimum absolute atomic E-state index is 0.341. The summed E-state index contributed by atoms with van der Waals surface area (Å²) in [4.78, 5) is 7.94. The first-order chi connectivity index (χ1) is 21.4. The largest absolute Gasteiger partial charge is 0.379 e. The van der Waals surface area contributed by atoms with Crippen molar-refractivity contribution in [1.82, 2.24) is 19.1 Å². The molecule has 0 aliphatic heterocycles. The molecule has 0 fully saturated rings. The molecule has 0 saturated heterocycles. The Labute approximate surface area is 281 Å². The Morgan fingerprint density at radius 2 is 0.933 bits per heavy atom. The lowest BCUT2D eigenvalue weighted by atomic mass is 10.1. The van der Waals surface area contributed by atoms with Crippen LogP contribution in [0.25, 0.3) is 0 Å². The third-order valence-electron chi connectivity index (χ3n) is 6.05. The highest BCUT2D eigenvalue weighted by Crippen LogP contribution is 2.04. The van der Waals surface area contributed by atoms with Crippen LogP contribution in [0.4, 0.5) is 0 Å². The maximum absolute atomic E-state index is 5.41. The standard InChI is InChI=1S/C9H16N2O.C9H16N2.C8H18O.C6H14O.C6H14/c1-9(2)12-7-3-5-11-6-4-10-8-11;1-9(2)4-3-6-11-7-5-10-8-11;1-4-5-6-7-9-8(2)3;1-4-5-7-6(2)3;1-4-5-6(2)3/h4,6,8-9H,3,5,7H2,1-2H3;5,7-9H,3-4,6H2,1-2H3;8H,4-7H2,1-3H3;6H,4-5H2,1-3H3;6H,4-5H2,1-3H3. The summed E-state index contributed by atoms with van der Waals surface area (Å²) >= 11 is 0. The quantitative estimate of drug-likeness (QED) is 0.143. The van der Waals surface area contributed by atoms with Crippen LogP contribution in [0.1, 0.15) is 148 Å². The normalized spacial score (nSPS) is 10.6. The van der Waals surface area contributed by atoms with Crippen LogP contribution in [-0.2, 0) is 27.3 Å². The molecular weight excluding hydrogens is 560 g/mol. The summed E-state index contributed by atoms with van der Waals surface area (Å²) in [5, 5.41) is 0. The minimum Gasteiger partial charge on any atom is -0.379 e. The highest BCUT2D eigenvalue weighted by Gasteiger charge is 1.95. The number of aromatic nitrogens is 4. The van der Waals surface area contributed by atoms with E-state index in [-0.39, 0.29) is 0 Å². The van der Waals surface area contributed by atoms with E-state index in [1.807, 2.05) is 31.2 Å². The molecule has 2 aromatic rings. The molecule has 0 atom stereocenters. The molecule has 0 aromatic carbocycles. The average molecular weight is 639 g/mol. The van der Waals surface area contributed by atoms with Crippen molar-refractivity contribution >= 4 is 0 Å². The summed E-state index contributed by atoms with van der Waals surface area (Å²) in [7, 11) is 0. The highest BCUT2D eigenvalue weighted by atomic mass is 16.5. The Kier molecular flexibility index (Phi) is 39.0. The van der Waals surface area contributed by atoms with Crippen molar-refractivity contribution in [2.24, 2.45) is 11.8 Å². The Hall–Kier alpha value is -1.70. The highest BCUT2D eigenvalue weighted by molar-refractivity contribution is 4.74. The molecule has 0 saturated carbocycles. The molecular formula is C38H78N4O3. The number of aryl methyl sites for hydroxylation is 2. The van der Waals surface area contributed by atoms with Gasteiger partial charge in [0.1, 0.15) is 0 Å². The Bertz CT molecular complexity index is 745. The monoisotopic (exact) mass is 639 g/mol. The van der Waals surface area contributed by atoms with Crippen molar-refractivity contribution in [2.45, 2.75) is 179 Å². The first kappa shape index (κ1) is 47.7. The third kappa shape index (κ3) is 46.8. The predicted octanol–water partition coefficient (Wildman–Crippen LogP) is 10.9. The summed E-state index contributed by atoms with van der Waals surface area (Å²) in [5.41, 5.74) is 0. The topological polar surface area (TPSA) is 63.3 Å². The molecule has 0 spiro atoms. The fourth-order valence-electron chi connectivity index (χ4n) is 3.69. The van der Waals surface area contributed by atoms with Crippen LogP contribution >= 0.6 is 0 Å². The van der Waals surface area contributed by atoms with E-state index in [4.69, 9.17) is 14.2 Å². The number of imidazole rings is 2. The van der Waals surface area contributed by atoms with E-state index in [2.05, 4.69) is 109 Å². The maximum Gasteiger partial charge on any atom is 0.0945 e. The van der Waals surface area contributed by atoms with Gasteiger partial charge in [-0.1, -0.05) is 74.1 Å². The molecule has 7 heteroatoms. The summed E-state index contributed by atoms with van der Waals surface area (Å²) < 4.78 is 20.1. The van der Waals surface area contributed by atoms with Crippen molar-refractivity contribution in [1.29, 1.82) is 0 Å². The summed E-state index contributed by atoms with van der Waals surface area (Å²) in [6, 6.07) is 0. The number of nitrogens with zero attached hydrogens (tertiary/aromatic N) is 4. The van der Waals surface area contributed by atoms with Gasteiger partial charge in [-0.05, 0) is 85.5 Å². The second-order valence-electron chi connectivity index (χ2n) is 13.1. The van der Waals surface area contributed by atoms with E-state index in [0.717, 1.165) is 57.6 Å². The van der Waals surface area contributed by atoms with Gasteiger partial charge >= 0.3 is 0 Å². The lowest BCUT2D eigenvalue weighted by molar-refractivity contribution is 0.0748. The second kappa shape index (κ2) is 36.8. The molecule has 2 rings (SSSR count).